The molecule has 0 unspecified atom stereocenters. The molecule has 0 N–H and O–H groups in total. The quantitative estimate of drug-likeness (QED) is 0.135. The van der Waals surface area contributed by atoms with Gasteiger partial charge in [0, 0.05) is 39.7 Å². The molecule has 0 atom stereocenters. The molecule has 242 valence electrons. The molecule has 0 radical (unpaired) electrons. The van der Waals surface area contributed by atoms with E-state index in [0.29, 0.717) is 0 Å². The van der Waals surface area contributed by atoms with Crippen LogP contribution in [0.2, 0.25) is 0 Å². The molecule has 0 bridgehead atoms. The summed E-state index contributed by atoms with van der Waals surface area (Å²) < 4.78 is 0. The lowest BCUT2D eigenvalue weighted by atomic mass is 9.91. The number of benzene rings is 5. The Hall–Kier alpha value is -7.11. The van der Waals surface area contributed by atoms with Crippen molar-refractivity contribution in [2.24, 2.45) is 0 Å². The molecule has 10 rings (SSSR count). The van der Waals surface area contributed by atoms with Crippen molar-refractivity contribution in [2.75, 3.05) is 0 Å². The van der Waals surface area contributed by atoms with Crippen LogP contribution in [-0.4, -0.2) is 24.9 Å². The first-order valence-electron chi connectivity index (χ1n) is 17.3. The molecule has 0 saturated heterocycles. The molecule has 5 aromatic heterocycles. The number of rotatable bonds is 5. The largest absolute Gasteiger partial charge is 0.255 e. The van der Waals surface area contributed by atoms with Crippen molar-refractivity contribution in [1.82, 2.24) is 24.9 Å². The second-order valence-corrected chi connectivity index (χ2v) is 12.9. The molecular weight excluding hydrogens is 635 g/mol. The standard InChI is InChI=1S/C47H29N5/c1-2-12-35-31(10-1)11-9-14-36(35)45-37-13-3-4-15-40(37)52-47-38(45)24-22-33-23-25-39(51-46(33)47)32-20-18-30(19-21-32)34-28-43(41-16-5-7-26-48-41)50-44(29-34)42-17-6-8-27-49-42/h1-29H. The van der Waals surface area contributed by atoms with E-state index < -0.39 is 0 Å². The molecular formula is C47H29N5. The predicted molar refractivity (Wildman–Crippen MR) is 213 cm³/mol. The average molecular weight is 664 g/mol. The van der Waals surface area contributed by atoms with E-state index in [4.69, 9.17) is 15.0 Å². The maximum atomic E-state index is 5.30. The van der Waals surface area contributed by atoms with E-state index in [2.05, 4.69) is 137 Å². The highest BCUT2D eigenvalue weighted by molar-refractivity contribution is 6.19. The zero-order valence-electron chi connectivity index (χ0n) is 28.0. The van der Waals surface area contributed by atoms with Gasteiger partial charge in [-0.15, -0.1) is 0 Å². The van der Waals surface area contributed by atoms with E-state index in [9.17, 15) is 0 Å². The lowest BCUT2D eigenvalue weighted by Gasteiger charge is -2.15. The van der Waals surface area contributed by atoms with Crippen LogP contribution in [-0.2, 0) is 0 Å². The molecule has 5 nitrogen and oxygen atoms in total. The lowest BCUT2D eigenvalue weighted by molar-refractivity contribution is 1.22. The van der Waals surface area contributed by atoms with Crippen LogP contribution in [0.25, 0.3) is 99.8 Å². The highest BCUT2D eigenvalue weighted by Gasteiger charge is 2.17. The fraction of sp³-hybridized carbons (Fsp3) is 0. The van der Waals surface area contributed by atoms with Gasteiger partial charge in [-0.2, -0.15) is 0 Å². The number of hydrogen-bond acceptors (Lipinski definition) is 5. The van der Waals surface area contributed by atoms with Crippen molar-refractivity contribution >= 4 is 43.5 Å². The number of para-hydroxylation sites is 1. The predicted octanol–water partition coefficient (Wildman–Crippen LogP) is 11.6. The Balaban J connectivity index is 1.10. The first-order chi connectivity index (χ1) is 25.8. The third-order valence-electron chi connectivity index (χ3n) is 9.76. The van der Waals surface area contributed by atoms with Gasteiger partial charge in [0.1, 0.15) is 0 Å². The summed E-state index contributed by atoms with van der Waals surface area (Å²) in [7, 11) is 0. The van der Waals surface area contributed by atoms with Crippen molar-refractivity contribution < 1.29 is 0 Å². The Morgan fingerprint density at radius 2 is 0.981 bits per heavy atom. The molecule has 0 saturated carbocycles. The van der Waals surface area contributed by atoms with Crippen molar-refractivity contribution in [3.63, 3.8) is 0 Å². The van der Waals surface area contributed by atoms with E-state index >= 15 is 0 Å². The van der Waals surface area contributed by atoms with Gasteiger partial charge in [0.15, 0.2) is 0 Å². The first-order valence-corrected chi connectivity index (χ1v) is 17.3. The van der Waals surface area contributed by atoms with Gasteiger partial charge < -0.3 is 0 Å². The van der Waals surface area contributed by atoms with Gasteiger partial charge in [0.05, 0.1) is 45.0 Å². The van der Waals surface area contributed by atoms with Crippen LogP contribution in [0.1, 0.15) is 0 Å². The summed E-state index contributed by atoms with van der Waals surface area (Å²) in [5.74, 6) is 0. The third kappa shape index (κ3) is 5.15. The summed E-state index contributed by atoms with van der Waals surface area (Å²) in [5, 5.41) is 5.71. The topological polar surface area (TPSA) is 64.5 Å². The highest BCUT2D eigenvalue weighted by atomic mass is 14.8. The molecule has 5 aromatic carbocycles. The molecule has 5 heteroatoms. The monoisotopic (exact) mass is 663 g/mol. The molecule has 5 heterocycles. The lowest BCUT2D eigenvalue weighted by Crippen LogP contribution is -1.94. The van der Waals surface area contributed by atoms with E-state index in [0.717, 1.165) is 77.9 Å². The van der Waals surface area contributed by atoms with E-state index in [-0.39, 0.29) is 0 Å². The summed E-state index contributed by atoms with van der Waals surface area (Å²) in [6.07, 6.45) is 3.59. The summed E-state index contributed by atoms with van der Waals surface area (Å²) in [6, 6.07) is 56.7. The second kappa shape index (κ2) is 12.3. The van der Waals surface area contributed by atoms with E-state index in [1.807, 2.05) is 36.4 Å². The fourth-order valence-corrected chi connectivity index (χ4v) is 7.25. The van der Waals surface area contributed by atoms with Crippen LogP contribution >= 0.6 is 0 Å². The van der Waals surface area contributed by atoms with Crippen LogP contribution < -0.4 is 0 Å². The summed E-state index contributed by atoms with van der Waals surface area (Å²) in [6.45, 7) is 0. The maximum absolute atomic E-state index is 5.30. The van der Waals surface area contributed by atoms with Gasteiger partial charge in [-0.05, 0) is 76.0 Å². The Kier molecular flexibility index (Phi) is 7.07. The minimum atomic E-state index is 0.800. The molecule has 10 aromatic rings. The normalized spacial score (nSPS) is 11.5. The first kappa shape index (κ1) is 29.8. The third-order valence-corrected chi connectivity index (χ3v) is 9.76. The number of pyridine rings is 5. The minimum absolute atomic E-state index is 0.800. The summed E-state index contributed by atoms with van der Waals surface area (Å²) in [5.41, 5.74) is 12.4. The Labute approximate surface area is 300 Å². The molecule has 0 aliphatic rings. The number of hydrogen-bond donors (Lipinski definition) is 0. The van der Waals surface area contributed by atoms with Gasteiger partial charge in [0.2, 0.25) is 0 Å². The Bertz CT molecular complexity index is 2880. The zero-order valence-corrected chi connectivity index (χ0v) is 28.0. The highest BCUT2D eigenvalue weighted by Crippen LogP contribution is 2.40. The molecule has 0 fully saturated rings. The molecule has 0 amide bonds. The molecule has 52 heavy (non-hydrogen) atoms. The molecule has 0 spiro atoms. The summed E-state index contributed by atoms with van der Waals surface area (Å²) >= 11 is 0. The molecule has 0 aliphatic carbocycles. The number of fused-ring (bicyclic) bond motifs is 5. The summed E-state index contributed by atoms with van der Waals surface area (Å²) in [4.78, 5) is 24.6. The zero-order chi connectivity index (χ0) is 34.4. The van der Waals surface area contributed by atoms with Gasteiger partial charge in [0.25, 0.3) is 0 Å². The van der Waals surface area contributed by atoms with Crippen LogP contribution in [0.15, 0.2) is 176 Å². The van der Waals surface area contributed by atoms with Crippen molar-refractivity contribution in [3.8, 4) is 56.3 Å². The van der Waals surface area contributed by atoms with E-state index in [1.165, 1.54) is 21.9 Å². The van der Waals surface area contributed by atoms with Crippen LogP contribution in [0, 0.1) is 0 Å². The number of aromatic nitrogens is 5. The average Bonchev–Trinajstić information content (AvgIpc) is 3.23. The van der Waals surface area contributed by atoms with Crippen molar-refractivity contribution in [2.45, 2.75) is 0 Å². The Morgan fingerprint density at radius 3 is 1.73 bits per heavy atom. The van der Waals surface area contributed by atoms with E-state index in [1.54, 1.807) is 12.4 Å². The van der Waals surface area contributed by atoms with Gasteiger partial charge in [-0.3, -0.25) is 9.97 Å². The maximum Gasteiger partial charge on any atom is 0.0978 e. The van der Waals surface area contributed by atoms with Gasteiger partial charge in [-0.1, -0.05) is 115 Å². The van der Waals surface area contributed by atoms with Gasteiger partial charge >= 0.3 is 0 Å². The molecule has 0 aliphatic heterocycles. The van der Waals surface area contributed by atoms with Crippen LogP contribution in [0.4, 0.5) is 0 Å². The van der Waals surface area contributed by atoms with Crippen molar-refractivity contribution in [1.29, 1.82) is 0 Å². The smallest absolute Gasteiger partial charge is 0.0978 e. The second-order valence-electron chi connectivity index (χ2n) is 12.9. The Morgan fingerprint density at radius 1 is 0.327 bits per heavy atom. The minimum Gasteiger partial charge on any atom is -0.255 e. The van der Waals surface area contributed by atoms with Crippen molar-refractivity contribution in [3.05, 3.63) is 176 Å². The van der Waals surface area contributed by atoms with Crippen LogP contribution in [0.5, 0.6) is 0 Å². The SMILES string of the molecule is c1ccc(-c2cc(-c3ccc(-c4ccc5ccc6c(-c7cccc8ccccc78)c7ccccc7nc6c5n4)cc3)cc(-c3ccccn3)n2)nc1. The fourth-order valence-electron chi connectivity index (χ4n) is 7.25. The van der Waals surface area contributed by atoms with Crippen LogP contribution in [0.3, 0.4) is 0 Å². The van der Waals surface area contributed by atoms with Gasteiger partial charge in [-0.25, -0.2) is 15.0 Å². The number of nitrogens with zero attached hydrogens (tertiary/aromatic N) is 5.